The van der Waals surface area contributed by atoms with E-state index < -0.39 is 30.0 Å². The van der Waals surface area contributed by atoms with Gasteiger partial charge in [0.2, 0.25) is 5.91 Å². The average molecular weight is 476 g/mol. The van der Waals surface area contributed by atoms with Gasteiger partial charge in [0.05, 0.1) is 6.54 Å². The minimum absolute atomic E-state index is 0.0826. The van der Waals surface area contributed by atoms with Gasteiger partial charge in [-0.05, 0) is 42.2 Å². The van der Waals surface area contributed by atoms with Crippen LogP contribution >= 0.6 is 11.8 Å². The van der Waals surface area contributed by atoms with E-state index in [9.17, 15) is 27.6 Å². The maximum absolute atomic E-state index is 13.0. The van der Waals surface area contributed by atoms with Crippen LogP contribution in [0.25, 0.3) is 0 Å². The lowest BCUT2D eigenvalue weighted by Crippen LogP contribution is -2.46. The largest absolute Gasteiger partial charge is 0.484 e. The zero-order chi connectivity index (χ0) is 23.3. The summed E-state index contributed by atoms with van der Waals surface area (Å²) in [5.41, 5.74) is 2.71. The van der Waals surface area contributed by atoms with Crippen molar-refractivity contribution in [1.29, 1.82) is 0 Å². The summed E-state index contributed by atoms with van der Waals surface area (Å²) >= 11 is 1.00. The summed E-state index contributed by atoms with van der Waals surface area (Å²) in [5.74, 6) is -0.547. The first-order valence-electron chi connectivity index (χ1n) is 10.5. The van der Waals surface area contributed by atoms with Crippen molar-refractivity contribution in [1.82, 2.24) is 10.2 Å². The van der Waals surface area contributed by atoms with Crippen molar-refractivity contribution in [3.63, 3.8) is 0 Å². The van der Waals surface area contributed by atoms with Crippen LogP contribution in [0, 0.1) is 0 Å². The summed E-state index contributed by atoms with van der Waals surface area (Å²) in [4.78, 5) is 37.0. The molecule has 0 spiro atoms. The molecular formula is C23H19F3N2O4S. The SMILES string of the molecule is O=C1NC(=O)C([C@@H]2CCc3cc(OC4CN(CC(F)(F)F)C(=O)c5ccccc54)ccc32)S1. The number of thioether (sulfide) groups is 1. The van der Waals surface area contributed by atoms with Crippen LogP contribution in [0.4, 0.5) is 18.0 Å². The highest BCUT2D eigenvalue weighted by Crippen LogP contribution is 2.43. The molecule has 1 saturated heterocycles. The number of hydrogen-bond donors (Lipinski definition) is 1. The van der Waals surface area contributed by atoms with Crippen LogP contribution in [-0.4, -0.2) is 46.5 Å². The molecule has 1 N–H and O–H groups in total. The number of nitrogens with one attached hydrogen (secondary N) is 1. The monoisotopic (exact) mass is 476 g/mol. The van der Waals surface area contributed by atoms with Gasteiger partial charge in [0, 0.05) is 17.0 Å². The molecule has 3 aliphatic rings. The Labute approximate surface area is 191 Å². The summed E-state index contributed by atoms with van der Waals surface area (Å²) in [6.45, 7) is -1.55. The topological polar surface area (TPSA) is 75.7 Å². The molecule has 10 heteroatoms. The van der Waals surface area contributed by atoms with Gasteiger partial charge < -0.3 is 9.64 Å². The first-order chi connectivity index (χ1) is 15.7. The molecule has 0 saturated carbocycles. The highest BCUT2D eigenvalue weighted by molar-refractivity contribution is 8.15. The average Bonchev–Trinajstić information content (AvgIpc) is 3.32. The van der Waals surface area contributed by atoms with Crippen molar-refractivity contribution in [3.8, 4) is 5.75 Å². The van der Waals surface area contributed by atoms with Gasteiger partial charge >= 0.3 is 6.18 Å². The zero-order valence-corrected chi connectivity index (χ0v) is 18.0. The van der Waals surface area contributed by atoms with Crippen molar-refractivity contribution < 1.29 is 32.3 Å². The van der Waals surface area contributed by atoms with Crippen LogP contribution in [0.2, 0.25) is 0 Å². The molecule has 5 rings (SSSR count). The normalized spacial score (nSPS) is 24.5. The highest BCUT2D eigenvalue weighted by atomic mass is 32.2. The lowest BCUT2D eigenvalue weighted by atomic mass is 9.96. The third-order valence-electron chi connectivity index (χ3n) is 6.18. The van der Waals surface area contributed by atoms with Crippen LogP contribution in [0.5, 0.6) is 5.75 Å². The van der Waals surface area contributed by atoms with Crippen molar-refractivity contribution in [3.05, 3.63) is 64.7 Å². The molecular weight excluding hydrogens is 457 g/mol. The predicted octanol–water partition coefficient (Wildman–Crippen LogP) is 4.21. The summed E-state index contributed by atoms with van der Waals surface area (Å²) in [5, 5.41) is 1.52. The number of fused-ring (bicyclic) bond motifs is 2. The third-order valence-corrected chi connectivity index (χ3v) is 7.29. The molecule has 2 aliphatic heterocycles. The highest BCUT2D eigenvalue weighted by Gasteiger charge is 2.42. The van der Waals surface area contributed by atoms with Crippen molar-refractivity contribution in [2.24, 2.45) is 0 Å². The van der Waals surface area contributed by atoms with Gasteiger partial charge in [-0.25, -0.2) is 0 Å². The number of aryl methyl sites for hydroxylation is 1. The van der Waals surface area contributed by atoms with Crippen LogP contribution in [-0.2, 0) is 11.2 Å². The van der Waals surface area contributed by atoms with E-state index in [1.54, 1.807) is 24.3 Å². The Balaban J connectivity index is 1.39. The number of halogens is 3. The Hall–Kier alpha value is -3.01. The summed E-state index contributed by atoms with van der Waals surface area (Å²) < 4.78 is 45.2. The molecule has 33 heavy (non-hydrogen) atoms. The quantitative estimate of drug-likeness (QED) is 0.716. The second-order valence-electron chi connectivity index (χ2n) is 8.32. The van der Waals surface area contributed by atoms with E-state index in [1.807, 2.05) is 12.1 Å². The standard InChI is InChI=1S/C23H19F3N2O4S/c24-23(25,26)11-28-10-18(15-3-1-2-4-17(15)21(28)30)32-13-6-8-14-12(9-13)5-7-16(14)19-20(29)27-22(31)33-19/h1-4,6,8-9,16,18-19H,5,7,10-11H2,(H,27,29,31)/t16-,18?,19?/m1/s1. The van der Waals surface area contributed by atoms with Gasteiger partial charge in [0.1, 0.15) is 23.6 Å². The zero-order valence-electron chi connectivity index (χ0n) is 17.2. The van der Waals surface area contributed by atoms with E-state index in [0.717, 1.165) is 34.2 Å². The van der Waals surface area contributed by atoms with Gasteiger partial charge in [-0.3, -0.25) is 19.7 Å². The van der Waals surface area contributed by atoms with E-state index in [1.165, 1.54) is 6.07 Å². The minimum Gasteiger partial charge on any atom is -0.484 e. The maximum atomic E-state index is 13.0. The molecule has 0 radical (unpaired) electrons. The van der Waals surface area contributed by atoms with Crippen LogP contribution in [0.1, 0.15) is 45.5 Å². The van der Waals surface area contributed by atoms with E-state index >= 15 is 0 Å². The molecule has 3 amide bonds. The molecule has 2 unspecified atom stereocenters. The number of alkyl halides is 3. The third kappa shape index (κ3) is 4.19. The van der Waals surface area contributed by atoms with Crippen molar-refractivity contribution in [2.45, 2.75) is 36.3 Å². The lowest BCUT2D eigenvalue weighted by molar-refractivity contribution is -0.143. The first-order valence-corrected chi connectivity index (χ1v) is 11.3. The summed E-state index contributed by atoms with van der Waals surface area (Å²) in [7, 11) is 0. The Kier molecular flexibility index (Phi) is 5.35. The number of amides is 3. The van der Waals surface area contributed by atoms with Crippen molar-refractivity contribution in [2.75, 3.05) is 13.1 Å². The van der Waals surface area contributed by atoms with Crippen LogP contribution < -0.4 is 10.1 Å². The number of carbonyl (C=O) groups excluding carboxylic acids is 3. The molecule has 2 aromatic rings. The molecule has 1 fully saturated rings. The molecule has 2 heterocycles. The van der Waals surface area contributed by atoms with Gasteiger partial charge in [0.15, 0.2) is 0 Å². The van der Waals surface area contributed by atoms with Gasteiger partial charge in [-0.2, -0.15) is 13.2 Å². The number of hydrogen-bond acceptors (Lipinski definition) is 5. The Morgan fingerprint density at radius 3 is 2.61 bits per heavy atom. The maximum Gasteiger partial charge on any atom is 0.406 e. The summed E-state index contributed by atoms with van der Waals surface area (Å²) in [6.07, 6.45) is -3.83. The van der Waals surface area contributed by atoms with E-state index in [2.05, 4.69) is 5.32 Å². The molecule has 1 aliphatic carbocycles. The van der Waals surface area contributed by atoms with E-state index in [-0.39, 0.29) is 29.2 Å². The second-order valence-corrected chi connectivity index (χ2v) is 9.43. The number of ether oxygens (including phenoxy) is 1. The van der Waals surface area contributed by atoms with Gasteiger partial charge in [-0.1, -0.05) is 36.0 Å². The number of imide groups is 1. The predicted molar refractivity (Wildman–Crippen MR) is 114 cm³/mol. The Morgan fingerprint density at radius 2 is 1.88 bits per heavy atom. The Bertz CT molecular complexity index is 1150. The van der Waals surface area contributed by atoms with Gasteiger partial charge in [0.25, 0.3) is 11.1 Å². The number of carbonyl (C=O) groups is 3. The molecule has 2 aromatic carbocycles. The van der Waals surface area contributed by atoms with Crippen molar-refractivity contribution >= 4 is 28.8 Å². The summed E-state index contributed by atoms with van der Waals surface area (Å²) in [6, 6.07) is 12.0. The van der Waals surface area contributed by atoms with Crippen LogP contribution in [0.3, 0.4) is 0 Å². The fourth-order valence-corrected chi connectivity index (χ4v) is 5.79. The lowest BCUT2D eigenvalue weighted by Gasteiger charge is -2.34. The first kappa shape index (κ1) is 21.8. The molecule has 6 nitrogen and oxygen atoms in total. The molecule has 0 aromatic heterocycles. The Morgan fingerprint density at radius 1 is 1.09 bits per heavy atom. The number of benzene rings is 2. The molecule has 3 atom stereocenters. The molecule has 172 valence electrons. The van der Waals surface area contributed by atoms with E-state index in [0.29, 0.717) is 17.7 Å². The molecule has 0 bridgehead atoms. The second kappa shape index (κ2) is 8.09. The fourth-order valence-electron chi connectivity index (χ4n) is 4.79. The van der Waals surface area contributed by atoms with Crippen LogP contribution in [0.15, 0.2) is 42.5 Å². The fraction of sp³-hybridized carbons (Fsp3) is 0.348. The smallest absolute Gasteiger partial charge is 0.406 e. The number of rotatable bonds is 4. The van der Waals surface area contributed by atoms with E-state index in [4.69, 9.17) is 4.74 Å². The minimum atomic E-state index is -4.51. The van der Waals surface area contributed by atoms with Gasteiger partial charge in [-0.15, -0.1) is 0 Å². The number of nitrogens with zero attached hydrogens (tertiary/aromatic N) is 1.